The van der Waals surface area contributed by atoms with Crippen LogP contribution in [-0.2, 0) is 12.1 Å². The summed E-state index contributed by atoms with van der Waals surface area (Å²) in [5.41, 5.74) is 7.80. The van der Waals surface area contributed by atoms with E-state index in [1.54, 1.807) is 17.4 Å². The van der Waals surface area contributed by atoms with Crippen molar-refractivity contribution in [1.29, 1.82) is 0 Å². The molecule has 0 saturated heterocycles. The van der Waals surface area contributed by atoms with Crippen LogP contribution in [0.3, 0.4) is 0 Å². The van der Waals surface area contributed by atoms with E-state index >= 15 is 0 Å². The predicted molar refractivity (Wildman–Crippen MR) is 93.4 cm³/mol. The summed E-state index contributed by atoms with van der Waals surface area (Å²) in [5, 5.41) is 11.1. The van der Waals surface area contributed by atoms with Gasteiger partial charge in [-0.1, -0.05) is 0 Å². The van der Waals surface area contributed by atoms with E-state index in [2.05, 4.69) is 20.5 Å². The van der Waals surface area contributed by atoms with Crippen LogP contribution in [0.1, 0.15) is 35.6 Å². The Bertz CT molecular complexity index is 627. The minimum atomic E-state index is -0.548. The van der Waals surface area contributed by atoms with Gasteiger partial charge in [-0.2, -0.15) is 16.4 Å². The highest BCUT2D eigenvalue weighted by Gasteiger charge is 2.23. The molecule has 0 aliphatic heterocycles. The van der Waals surface area contributed by atoms with Crippen molar-refractivity contribution < 1.29 is 4.79 Å². The van der Waals surface area contributed by atoms with Crippen molar-refractivity contribution in [2.24, 2.45) is 5.73 Å². The second-order valence-corrected chi connectivity index (χ2v) is 7.33. The van der Waals surface area contributed by atoms with Crippen LogP contribution in [0.15, 0.2) is 22.9 Å². The van der Waals surface area contributed by atoms with Crippen LogP contribution in [0.4, 0.5) is 0 Å². The molecule has 1 amide bonds. The van der Waals surface area contributed by atoms with E-state index in [1.165, 1.54) is 0 Å². The summed E-state index contributed by atoms with van der Waals surface area (Å²) in [6.45, 7) is 5.80. The third-order valence-corrected chi connectivity index (χ3v) is 4.28. The number of H-pyrrole nitrogens is 1. The number of nitrogens with zero attached hydrogens (tertiary/aromatic N) is 3. The Kier molecular flexibility index (Phi) is 5.56. The minimum Gasteiger partial charge on any atom is -0.332 e. The molecule has 0 bridgehead atoms. The zero-order chi connectivity index (χ0) is 17.0. The van der Waals surface area contributed by atoms with Crippen LogP contribution in [0.5, 0.6) is 0 Å². The molecule has 126 valence electrons. The zero-order valence-electron chi connectivity index (χ0n) is 14.2. The molecule has 0 saturated carbocycles. The summed E-state index contributed by atoms with van der Waals surface area (Å²) < 4.78 is 0. The molecule has 2 aromatic rings. The highest BCUT2D eigenvalue weighted by molar-refractivity contribution is 7.07. The number of aromatic amines is 1. The van der Waals surface area contributed by atoms with Gasteiger partial charge in [0.05, 0.1) is 11.2 Å². The van der Waals surface area contributed by atoms with Crippen molar-refractivity contribution in [1.82, 2.24) is 20.0 Å². The quantitative estimate of drug-likeness (QED) is 0.810. The van der Waals surface area contributed by atoms with E-state index in [0.717, 1.165) is 17.8 Å². The van der Waals surface area contributed by atoms with Gasteiger partial charge in [0.25, 0.3) is 5.91 Å². The van der Waals surface area contributed by atoms with Gasteiger partial charge in [-0.15, -0.1) is 0 Å². The number of likely N-dealkylation sites (N-methyl/N-ethyl adjacent to an activating group) is 1. The first-order valence-electron chi connectivity index (χ1n) is 7.57. The van der Waals surface area contributed by atoms with Crippen molar-refractivity contribution in [3.63, 3.8) is 0 Å². The first-order valence-corrected chi connectivity index (χ1v) is 8.51. The van der Waals surface area contributed by atoms with Crippen molar-refractivity contribution >= 4 is 17.2 Å². The number of hydrogen-bond donors (Lipinski definition) is 2. The largest absolute Gasteiger partial charge is 0.332 e. The molecule has 0 aliphatic carbocycles. The maximum Gasteiger partial charge on any atom is 0.274 e. The average molecular weight is 335 g/mol. The Morgan fingerprint density at radius 2 is 2.13 bits per heavy atom. The highest BCUT2D eigenvalue weighted by Crippen LogP contribution is 2.17. The number of carbonyl (C=O) groups is 1. The normalized spacial score (nSPS) is 11.9. The number of amides is 1. The van der Waals surface area contributed by atoms with Crippen molar-refractivity contribution in [2.75, 3.05) is 27.2 Å². The van der Waals surface area contributed by atoms with Gasteiger partial charge in [-0.05, 0) is 56.4 Å². The summed E-state index contributed by atoms with van der Waals surface area (Å²) >= 11 is 1.63. The summed E-state index contributed by atoms with van der Waals surface area (Å²) in [6, 6.07) is 3.79. The maximum absolute atomic E-state index is 12.8. The number of hydrogen-bond acceptors (Lipinski definition) is 5. The standard InChI is InChI=1S/C16H25N5OS/c1-16(2,17)14-9-13(18-19-14)15(22)21(7-6-20(3)4)10-12-5-8-23-11-12/h5,8-9,11H,6-7,10,17H2,1-4H3,(H,18,19). The lowest BCUT2D eigenvalue weighted by Gasteiger charge is -2.23. The van der Waals surface area contributed by atoms with E-state index < -0.39 is 5.54 Å². The average Bonchev–Trinajstić information content (AvgIpc) is 3.12. The number of aromatic nitrogens is 2. The fourth-order valence-corrected chi connectivity index (χ4v) is 2.76. The van der Waals surface area contributed by atoms with E-state index in [4.69, 9.17) is 5.73 Å². The molecule has 3 N–H and O–H groups in total. The highest BCUT2D eigenvalue weighted by atomic mass is 32.1. The number of carbonyl (C=O) groups excluding carboxylic acids is 1. The molecule has 7 heteroatoms. The topological polar surface area (TPSA) is 78.2 Å². The van der Waals surface area contributed by atoms with Crippen molar-refractivity contribution in [3.8, 4) is 0 Å². The molecule has 0 aromatic carbocycles. The van der Waals surface area contributed by atoms with Crippen LogP contribution < -0.4 is 5.73 Å². The Hall–Kier alpha value is -1.70. The van der Waals surface area contributed by atoms with Gasteiger partial charge < -0.3 is 15.5 Å². The maximum atomic E-state index is 12.8. The molecule has 0 atom stereocenters. The number of rotatable bonds is 7. The molecule has 2 rings (SSSR count). The molecular formula is C16H25N5OS. The lowest BCUT2D eigenvalue weighted by Crippen LogP contribution is -2.36. The number of thiophene rings is 1. The smallest absolute Gasteiger partial charge is 0.274 e. The lowest BCUT2D eigenvalue weighted by atomic mass is 10.0. The van der Waals surface area contributed by atoms with Gasteiger partial charge in [0.1, 0.15) is 5.69 Å². The number of nitrogens with two attached hydrogens (primary N) is 1. The fraction of sp³-hybridized carbons (Fsp3) is 0.500. The zero-order valence-corrected chi connectivity index (χ0v) is 15.0. The first kappa shape index (κ1) is 17.7. The SMILES string of the molecule is CN(C)CCN(Cc1ccsc1)C(=O)c1cc(C(C)(C)N)[nH]n1. The summed E-state index contributed by atoms with van der Waals surface area (Å²) in [6.07, 6.45) is 0. The lowest BCUT2D eigenvalue weighted by molar-refractivity contribution is 0.0726. The molecular weight excluding hydrogens is 310 g/mol. The first-order chi connectivity index (χ1) is 10.8. The second kappa shape index (κ2) is 7.25. The van der Waals surface area contributed by atoms with E-state index in [-0.39, 0.29) is 5.91 Å². The minimum absolute atomic E-state index is 0.0789. The van der Waals surface area contributed by atoms with Gasteiger partial charge in [-0.25, -0.2) is 0 Å². The molecule has 0 fully saturated rings. The van der Waals surface area contributed by atoms with E-state index in [0.29, 0.717) is 18.8 Å². The van der Waals surface area contributed by atoms with E-state index in [9.17, 15) is 4.79 Å². The van der Waals surface area contributed by atoms with Crippen LogP contribution in [0, 0.1) is 0 Å². The third-order valence-electron chi connectivity index (χ3n) is 3.55. The van der Waals surface area contributed by atoms with Gasteiger partial charge in [0, 0.05) is 19.6 Å². The predicted octanol–water partition coefficient (Wildman–Crippen LogP) is 1.87. The Morgan fingerprint density at radius 1 is 1.39 bits per heavy atom. The van der Waals surface area contributed by atoms with Crippen LogP contribution in [-0.4, -0.2) is 53.1 Å². The summed E-state index contributed by atoms with van der Waals surface area (Å²) in [7, 11) is 3.99. The van der Waals surface area contributed by atoms with Gasteiger partial charge in [0.2, 0.25) is 0 Å². The summed E-state index contributed by atoms with van der Waals surface area (Å²) in [5.74, 6) is -0.0789. The monoisotopic (exact) mass is 335 g/mol. The molecule has 0 unspecified atom stereocenters. The van der Waals surface area contributed by atoms with Crippen LogP contribution >= 0.6 is 11.3 Å². The van der Waals surface area contributed by atoms with Gasteiger partial charge in [0.15, 0.2) is 0 Å². The van der Waals surface area contributed by atoms with Crippen LogP contribution in [0.2, 0.25) is 0 Å². The van der Waals surface area contributed by atoms with Crippen LogP contribution in [0.25, 0.3) is 0 Å². The Morgan fingerprint density at radius 3 is 2.65 bits per heavy atom. The molecule has 2 heterocycles. The Balaban J connectivity index is 2.16. The van der Waals surface area contributed by atoms with Gasteiger partial charge >= 0.3 is 0 Å². The molecule has 0 aliphatic rings. The third kappa shape index (κ3) is 4.89. The molecule has 6 nitrogen and oxygen atoms in total. The van der Waals surface area contributed by atoms with Crippen molar-refractivity contribution in [2.45, 2.75) is 25.9 Å². The number of nitrogens with one attached hydrogen (secondary N) is 1. The van der Waals surface area contributed by atoms with E-state index in [1.807, 2.05) is 44.3 Å². The molecule has 0 spiro atoms. The fourth-order valence-electron chi connectivity index (χ4n) is 2.10. The van der Waals surface area contributed by atoms with Crippen molar-refractivity contribution in [3.05, 3.63) is 39.8 Å². The second-order valence-electron chi connectivity index (χ2n) is 6.55. The molecule has 23 heavy (non-hydrogen) atoms. The molecule has 2 aromatic heterocycles. The van der Waals surface area contributed by atoms with Gasteiger partial charge in [-0.3, -0.25) is 9.89 Å². The summed E-state index contributed by atoms with van der Waals surface area (Å²) in [4.78, 5) is 16.7. The molecule has 0 radical (unpaired) electrons. The Labute approximate surface area is 141 Å².